The fourth-order valence-corrected chi connectivity index (χ4v) is 2.13. The van der Waals surface area contributed by atoms with E-state index in [0.29, 0.717) is 11.4 Å². The van der Waals surface area contributed by atoms with Crippen molar-refractivity contribution < 1.29 is 9.53 Å². The summed E-state index contributed by atoms with van der Waals surface area (Å²) in [5.74, 6) is 0.973. The van der Waals surface area contributed by atoms with Crippen LogP contribution in [0.1, 0.15) is 10.4 Å². The first-order chi connectivity index (χ1) is 9.69. The molecule has 5 nitrogen and oxygen atoms in total. The third-order valence-corrected chi connectivity index (χ3v) is 3.13. The maximum absolute atomic E-state index is 11.2. The van der Waals surface area contributed by atoms with Gasteiger partial charge in [-0.25, -0.2) is 4.98 Å². The second kappa shape index (κ2) is 4.70. The third kappa shape index (κ3) is 1.99. The Morgan fingerprint density at radius 2 is 2.05 bits per heavy atom. The van der Waals surface area contributed by atoms with Gasteiger partial charge in [-0.05, 0) is 30.3 Å². The van der Waals surface area contributed by atoms with E-state index >= 15 is 0 Å². The molecule has 100 valence electrons. The molecular formula is C15H13N3O2. The van der Waals surface area contributed by atoms with Crippen LogP contribution in [0.2, 0.25) is 0 Å². The number of H-pyrrole nitrogens is 1. The van der Waals surface area contributed by atoms with Gasteiger partial charge in [0.1, 0.15) is 11.6 Å². The molecule has 3 aromatic rings. The number of ether oxygens (including phenoxy) is 1. The van der Waals surface area contributed by atoms with Crippen LogP contribution in [0, 0.1) is 0 Å². The molecule has 0 atom stereocenters. The van der Waals surface area contributed by atoms with Crippen molar-refractivity contribution in [2.24, 2.45) is 5.73 Å². The van der Waals surface area contributed by atoms with Gasteiger partial charge in [0.25, 0.3) is 0 Å². The standard InChI is InChI=1S/C15H13N3O2/c1-20-13-5-3-2-4-10(13)15-17-11-7-6-9(14(16)19)8-12(11)18-15/h2-8H,1H3,(H2,16,19)(H,17,18). The van der Waals surface area contributed by atoms with Crippen LogP contribution in [0.5, 0.6) is 5.75 Å². The van der Waals surface area contributed by atoms with Crippen LogP contribution < -0.4 is 10.5 Å². The lowest BCUT2D eigenvalue weighted by Crippen LogP contribution is -2.10. The maximum Gasteiger partial charge on any atom is 0.248 e. The number of nitrogens with zero attached hydrogens (tertiary/aromatic N) is 1. The molecule has 0 bridgehead atoms. The summed E-state index contributed by atoms with van der Waals surface area (Å²) in [7, 11) is 1.62. The minimum atomic E-state index is -0.458. The summed E-state index contributed by atoms with van der Waals surface area (Å²) >= 11 is 0. The van der Waals surface area contributed by atoms with Gasteiger partial charge in [-0.3, -0.25) is 4.79 Å². The molecule has 0 aliphatic carbocycles. The van der Waals surface area contributed by atoms with Gasteiger partial charge in [0.2, 0.25) is 5.91 Å². The number of benzene rings is 2. The summed E-state index contributed by atoms with van der Waals surface area (Å²) in [6.07, 6.45) is 0. The summed E-state index contributed by atoms with van der Waals surface area (Å²) in [5.41, 5.74) is 8.13. The van der Waals surface area contributed by atoms with Crippen LogP contribution in [0.25, 0.3) is 22.4 Å². The summed E-state index contributed by atoms with van der Waals surface area (Å²) in [6.45, 7) is 0. The molecule has 0 fully saturated rings. The summed E-state index contributed by atoms with van der Waals surface area (Å²) in [4.78, 5) is 18.9. The highest BCUT2D eigenvalue weighted by Crippen LogP contribution is 2.29. The highest BCUT2D eigenvalue weighted by Gasteiger charge is 2.11. The molecule has 0 radical (unpaired) electrons. The van der Waals surface area contributed by atoms with Gasteiger partial charge in [0.05, 0.1) is 23.7 Å². The zero-order valence-corrected chi connectivity index (χ0v) is 10.9. The second-order valence-corrected chi connectivity index (χ2v) is 4.38. The van der Waals surface area contributed by atoms with Gasteiger partial charge in [0, 0.05) is 5.56 Å². The molecule has 2 aromatic carbocycles. The molecule has 20 heavy (non-hydrogen) atoms. The van der Waals surface area contributed by atoms with E-state index in [-0.39, 0.29) is 0 Å². The number of carbonyl (C=O) groups excluding carboxylic acids is 1. The smallest absolute Gasteiger partial charge is 0.248 e. The first kappa shape index (κ1) is 12.2. The average molecular weight is 267 g/mol. The molecular weight excluding hydrogens is 254 g/mol. The number of methoxy groups -OCH3 is 1. The lowest BCUT2D eigenvalue weighted by atomic mass is 10.2. The first-order valence-corrected chi connectivity index (χ1v) is 6.12. The quantitative estimate of drug-likeness (QED) is 0.764. The van der Waals surface area contributed by atoms with Crippen molar-refractivity contribution in [1.82, 2.24) is 9.97 Å². The van der Waals surface area contributed by atoms with Crippen molar-refractivity contribution in [1.29, 1.82) is 0 Å². The van der Waals surface area contributed by atoms with E-state index in [0.717, 1.165) is 22.3 Å². The number of amides is 1. The zero-order chi connectivity index (χ0) is 14.1. The topological polar surface area (TPSA) is 81.0 Å². The molecule has 5 heteroatoms. The molecule has 3 N–H and O–H groups in total. The number of nitrogens with one attached hydrogen (secondary N) is 1. The molecule has 3 rings (SSSR count). The molecule has 0 saturated carbocycles. The summed E-state index contributed by atoms with van der Waals surface area (Å²) < 4.78 is 5.32. The monoisotopic (exact) mass is 267 g/mol. The summed E-state index contributed by atoms with van der Waals surface area (Å²) in [6, 6.07) is 12.7. The molecule has 1 heterocycles. The number of carbonyl (C=O) groups is 1. The molecule has 0 saturated heterocycles. The van der Waals surface area contributed by atoms with Crippen molar-refractivity contribution in [2.45, 2.75) is 0 Å². The molecule has 0 aliphatic heterocycles. The minimum absolute atomic E-state index is 0.452. The maximum atomic E-state index is 11.2. The van der Waals surface area contributed by atoms with E-state index in [1.54, 1.807) is 25.3 Å². The van der Waals surface area contributed by atoms with Gasteiger partial charge < -0.3 is 15.5 Å². The van der Waals surface area contributed by atoms with Crippen molar-refractivity contribution in [3.63, 3.8) is 0 Å². The number of primary amides is 1. The van der Waals surface area contributed by atoms with E-state index in [2.05, 4.69) is 9.97 Å². The number of aromatic nitrogens is 2. The molecule has 1 aromatic heterocycles. The van der Waals surface area contributed by atoms with Crippen molar-refractivity contribution in [2.75, 3.05) is 7.11 Å². The van der Waals surface area contributed by atoms with Crippen molar-refractivity contribution >= 4 is 16.9 Å². The molecule has 0 aliphatic rings. The van der Waals surface area contributed by atoms with Gasteiger partial charge >= 0.3 is 0 Å². The van der Waals surface area contributed by atoms with E-state index in [1.165, 1.54) is 0 Å². The Morgan fingerprint density at radius 3 is 2.80 bits per heavy atom. The van der Waals surface area contributed by atoms with E-state index < -0.39 is 5.91 Å². The van der Waals surface area contributed by atoms with Crippen LogP contribution in [0.3, 0.4) is 0 Å². The van der Waals surface area contributed by atoms with Crippen LogP contribution in [0.4, 0.5) is 0 Å². The number of imidazole rings is 1. The number of rotatable bonds is 3. The van der Waals surface area contributed by atoms with Gasteiger partial charge in [-0.15, -0.1) is 0 Å². The first-order valence-electron chi connectivity index (χ1n) is 6.12. The number of hydrogen-bond donors (Lipinski definition) is 2. The summed E-state index contributed by atoms with van der Waals surface area (Å²) in [5, 5.41) is 0. The van der Waals surface area contributed by atoms with Crippen molar-refractivity contribution in [3.05, 3.63) is 48.0 Å². The number of hydrogen-bond acceptors (Lipinski definition) is 3. The number of nitrogens with two attached hydrogens (primary N) is 1. The lowest BCUT2D eigenvalue weighted by molar-refractivity contribution is 0.100. The Labute approximate surface area is 115 Å². The Hall–Kier alpha value is -2.82. The van der Waals surface area contributed by atoms with Gasteiger partial charge in [0.15, 0.2) is 0 Å². The second-order valence-electron chi connectivity index (χ2n) is 4.38. The van der Waals surface area contributed by atoms with Crippen LogP contribution in [-0.4, -0.2) is 23.0 Å². The van der Waals surface area contributed by atoms with Gasteiger partial charge in [-0.2, -0.15) is 0 Å². The van der Waals surface area contributed by atoms with E-state index in [4.69, 9.17) is 10.5 Å². The Bertz CT molecular complexity index is 793. The number of aromatic amines is 1. The Morgan fingerprint density at radius 1 is 1.25 bits per heavy atom. The minimum Gasteiger partial charge on any atom is -0.496 e. The van der Waals surface area contributed by atoms with E-state index in [1.807, 2.05) is 24.3 Å². The molecule has 1 amide bonds. The zero-order valence-electron chi connectivity index (χ0n) is 10.9. The SMILES string of the molecule is COc1ccccc1-c1nc2ccc(C(N)=O)cc2[nH]1. The Kier molecular flexibility index (Phi) is 2.87. The van der Waals surface area contributed by atoms with Crippen LogP contribution in [-0.2, 0) is 0 Å². The lowest BCUT2D eigenvalue weighted by Gasteiger charge is -2.04. The van der Waals surface area contributed by atoms with Gasteiger partial charge in [-0.1, -0.05) is 12.1 Å². The average Bonchev–Trinajstić information content (AvgIpc) is 2.89. The Balaban J connectivity index is 2.15. The third-order valence-electron chi connectivity index (χ3n) is 3.13. The fourth-order valence-electron chi connectivity index (χ4n) is 2.13. The number of fused-ring (bicyclic) bond motifs is 1. The van der Waals surface area contributed by atoms with Crippen molar-refractivity contribution in [3.8, 4) is 17.1 Å². The molecule has 0 spiro atoms. The van der Waals surface area contributed by atoms with Crippen LogP contribution >= 0.6 is 0 Å². The molecule has 0 unspecified atom stereocenters. The fraction of sp³-hybridized carbons (Fsp3) is 0.0667. The predicted octanol–water partition coefficient (Wildman–Crippen LogP) is 2.34. The largest absolute Gasteiger partial charge is 0.496 e. The van der Waals surface area contributed by atoms with Crippen LogP contribution in [0.15, 0.2) is 42.5 Å². The normalized spacial score (nSPS) is 10.7. The van der Waals surface area contributed by atoms with E-state index in [9.17, 15) is 4.79 Å². The number of para-hydroxylation sites is 1. The highest BCUT2D eigenvalue weighted by molar-refractivity contribution is 5.96. The predicted molar refractivity (Wildman–Crippen MR) is 76.6 cm³/mol. The highest BCUT2D eigenvalue weighted by atomic mass is 16.5.